The standard InChI is InChI=1S/C20H12Cl2N2O2S2/c21-12-4-6-15(7-5-12)27-18-9-8-16(28-18)11-17-19(25)24(20(26)23-17)14-3-1-2-13(22)10-14/h1-11H,(H,23,26)/b17-11+. The number of anilines is 1. The quantitative estimate of drug-likeness (QED) is 0.377. The Morgan fingerprint density at radius 2 is 1.75 bits per heavy atom. The number of hydrogen-bond acceptors (Lipinski definition) is 4. The molecule has 0 atom stereocenters. The fourth-order valence-electron chi connectivity index (χ4n) is 2.61. The summed E-state index contributed by atoms with van der Waals surface area (Å²) in [6.07, 6.45) is 1.68. The van der Waals surface area contributed by atoms with Gasteiger partial charge in [0.2, 0.25) is 0 Å². The highest BCUT2D eigenvalue weighted by Crippen LogP contribution is 2.35. The lowest BCUT2D eigenvalue weighted by Gasteiger charge is -2.11. The molecule has 0 aliphatic carbocycles. The molecule has 0 radical (unpaired) electrons. The Labute approximate surface area is 179 Å². The summed E-state index contributed by atoms with van der Waals surface area (Å²) in [6, 6.07) is 17.6. The van der Waals surface area contributed by atoms with Gasteiger partial charge >= 0.3 is 6.03 Å². The maximum Gasteiger partial charge on any atom is 0.333 e. The van der Waals surface area contributed by atoms with Crippen LogP contribution in [-0.4, -0.2) is 11.9 Å². The number of carbonyl (C=O) groups is 2. The monoisotopic (exact) mass is 446 g/mol. The van der Waals surface area contributed by atoms with Crippen LogP contribution in [0.3, 0.4) is 0 Å². The average Bonchev–Trinajstić information content (AvgIpc) is 3.21. The van der Waals surface area contributed by atoms with Gasteiger partial charge in [-0.05, 0) is 60.7 Å². The van der Waals surface area contributed by atoms with Gasteiger partial charge in [0.15, 0.2) is 0 Å². The Morgan fingerprint density at radius 1 is 0.964 bits per heavy atom. The molecule has 1 saturated heterocycles. The number of carbonyl (C=O) groups excluding carboxylic acids is 2. The van der Waals surface area contributed by atoms with Gasteiger partial charge in [-0.1, -0.05) is 41.0 Å². The van der Waals surface area contributed by atoms with Crippen LogP contribution in [-0.2, 0) is 4.79 Å². The molecule has 3 amide bonds. The number of rotatable bonds is 4. The Morgan fingerprint density at radius 3 is 2.50 bits per heavy atom. The molecule has 4 nitrogen and oxygen atoms in total. The van der Waals surface area contributed by atoms with E-state index < -0.39 is 11.9 Å². The fraction of sp³-hybridized carbons (Fsp3) is 0. The molecule has 0 unspecified atom stereocenters. The SMILES string of the molecule is O=C1N/C(=C/c2ccc(Sc3ccc(Cl)cc3)s2)C(=O)N1c1cccc(Cl)c1. The number of benzene rings is 2. The average molecular weight is 447 g/mol. The Bertz CT molecular complexity index is 1090. The molecule has 0 bridgehead atoms. The van der Waals surface area contributed by atoms with Gasteiger partial charge in [-0.2, -0.15) is 0 Å². The molecule has 140 valence electrons. The summed E-state index contributed by atoms with van der Waals surface area (Å²) in [5.41, 5.74) is 0.665. The van der Waals surface area contributed by atoms with E-state index in [1.807, 2.05) is 36.4 Å². The molecule has 4 rings (SSSR count). The summed E-state index contributed by atoms with van der Waals surface area (Å²) >= 11 is 15.0. The maximum atomic E-state index is 12.7. The van der Waals surface area contributed by atoms with E-state index in [0.717, 1.165) is 18.9 Å². The summed E-state index contributed by atoms with van der Waals surface area (Å²) in [5, 5.41) is 3.78. The van der Waals surface area contributed by atoms with Crippen molar-refractivity contribution in [1.29, 1.82) is 0 Å². The number of amides is 3. The molecule has 1 fully saturated rings. The second-order valence-electron chi connectivity index (χ2n) is 5.82. The van der Waals surface area contributed by atoms with E-state index in [1.54, 1.807) is 42.1 Å². The zero-order valence-electron chi connectivity index (χ0n) is 14.2. The second-order valence-corrected chi connectivity index (χ2v) is 9.18. The minimum atomic E-state index is -0.495. The summed E-state index contributed by atoms with van der Waals surface area (Å²) in [4.78, 5) is 28.0. The molecule has 28 heavy (non-hydrogen) atoms. The smallest absolute Gasteiger partial charge is 0.302 e. The first-order valence-corrected chi connectivity index (χ1v) is 10.5. The molecule has 8 heteroatoms. The zero-order chi connectivity index (χ0) is 19.7. The molecule has 0 spiro atoms. The molecule has 2 heterocycles. The highest BCUT2D eigenvalue weighted by atomic mass is 35.5. The van der Waals surface area contributed by atoms with Gasteiger partial charge in [-0.15, -0.1) is 11.3 Å². The second kappa shape index (κ2) is 8.01. The van der Waals surface area contributed by atoms with Gasteiger partial charge < -0.3 is 5.32 Å². The minimum absolute atomic E-state index is 0.231. The number of nitrogens with one attached hydrogen (secondary N) is 1. The predicted molar refractivity (Wildman–Crippen MR) is 115 cm³/mol. The molecule has 1 N–H and O–H groups in total. The van der Waals surface area contributed by atoms with Crippen LogP contribution in [0.5, 0.6) is 0 Å². The lowest BCUT2D eigenvalue weighted by Crippen LogP contribution is -2.30. The minimum Gasteiger partial charge on any atom is -0.302 e. The van der Waals surface area contributed by atoms with Gasteiger partial charge in [0.25, 0.3) is 5.91 Å². The number of urea groups is 1. The largest absolute Gasteiger partial charge is 0.333 e. The number of imide groups is 1. The van der Waals surface area contributed by atoms with E-state index in [4.69, 9.17) is 23.2 Å². The van der Waals surface area contributed by atoms with Crippen molar-refractivity contribution in [1.82, 2.24) is 5.32 Å². The molecule has 1 aliphatic heterocycles. The number of hydrogen-bond donors (Lipinski definition) is 1. The van der Waals surface area contributed by atoms with E-state index in [9.17, 15) is 9.59 Å². The van der Waals surface area contributed by atoms with E-state index in [0.29, 0.717) is 15.7 Å². The molecule has 1 aliphatic rings. The predicted octanol–water partition coefficient (Wildman–Crippen LogP) is 6.30. The van der Waals surface area contributed by atoms with Crippen LogP contribution in [0.4, 0.5) is 10.5 Å². The molecule has 3 aromatic rings. The van der Waals surface area contributed by atoms with Crippen LogP contribution < -0.4 is 10.2 Å². The Hall–Kier alpha value is -2.25. The van der Waals surface area contributed by atoms with E-state index in [1.165, 1.54) is 11.3 Å². The molecular weight excluding hydrogens is 435 g/mol. The van der Waals surface area contributed by atoms with Crippen LogP contribution in [0.1, 0.15) is 4.88 Å². The first-order chi connectivity index (χ1) is 13.5. The Balaban J connectivity index is 1.53. The molecule has 0 saturated carbocycles. The maximum absolute atomic E-state index is 12.7. The summed E-state index contributed by atoms with van der Waals surface area (Å²) < 4.78 is 1.07. The highest BCUT2D eigenvalue weighted by molar-refractivity contribution is 8.01. The summed E-state index contributed by atoms with van der Waals surface area (Å²) in [6.45, 7) is 0. The van der Waals surface area contributed by atoms with E-state index in [2.05, 4.69) is 5.32 Å². The normalized spacial score (nSPS) is 15.4. The van der Waals surface area contributed by atoms with Crippen LogP contribution in [0.15, 0.2) is 75.5 Å². The van der Waals surface area contributed by atoms with Crippen molar-refractivity contribution in [2.24, 2.45) is 0 Å². The third kappa shape index (κ3) is 4.10. The van der Waals surface area contributed by atoms with Gasteiger partial charge in [0.1, 0.15) is 5.70 Å². The fourth-order valence-corrected chi connectivity index (χ4v) is 4.99. The summed E-state index contributed by atoms with van der Waals surface area (Å²) in [5.74, 6) is -0.410. The molecular formula is C20H12Cl2N2O2S2. The van der Waals surface area contributed by atoms with Crippen molar-refractivity contribution in [3.05, 3.63) is 81.3 Å². The zero-order valence-corrected chi connectivity index (χ0v) is 17.3. The van der Waals surface area contributed by atoms with Gasteiger partial charge in [0, 0.05) is 19.8 Å². The number of nitrogens with zero attached hydrogens (tertiary/aromatic N) is 1. The van der Waals surface area contributed by atoms with Crippen LogP contribution in [0.25, 0.3) is 6.08 Å². The van der Waals surface area contributed by atoms with Crippen LogP contribution >= 0.6 is 46.3 Å². The van der Waals surface area contributed by atoms with Crippen molar-refractivity contribution in [3.8, 4) is 0 Å². The lowest BCUT2D eigenvalue weighted by atomic mass is 10.3. The van der Waals surface area contributed by atoms with Crippen molar-refractivity contribution < 1.29 is 9.59 Å². The van der Waals surface area contributed by atoms with Crippen molar-refractivity contribution in [2.45, 2.75) is 9.10 Å². The topological polar surface area (TPSA) is 49.4 Å². The van der Waals surface area contributed by atoms with Gasteiger partial charge in [-0.3, -0.25) is 4.79 Å². The lowest BCUT2D eigenvalue weighted by molar-refractivity contribution is -0.113. The van der Waals surface area contributed by atoms with Gasteiger partial charge in [-0.25, -0.2) is 9.69 Å². The molecule has 1 aromatic heterocycles. The first kappa shape index (κ1) is 19.1. The third-order valence-electron chi connectivity index (χ3n) is 3.87. The van der Waals surface area contributed by atoms with Crippen LogP contribution in [0.2, 0.25) is 10.0 Å². The van der Waals surface area contributed by atoms with Crippen molar-refractivity contribution >= 4 is 70.0 Å². The van der Waals surface area contributed by atoms with Crippen molar-refractivity contribution in [3.63, 3.8) is 0 Å². The number of thiophene rings is 1. The van der Waals surface area contributed by atoms with Gasteiger partial charge in [0.05, 0.1) is 9.90 Å². The van der Waals surface area contributed by atoms with E-state index >= 15 is 0 Å². The molecule has 2 aromatic carbocycles. The van der Waals surface area contributed by atoms with E-state index in [-0.39, 0.29) is 5.70 Å². The Kier molecular flexibility index (Phi) is 5.46. The first-order valence-electron chi connectivity index (χ1n) is 8.15. The highest BCUT2D eigenvalue weighted by Gasteiger charge is 2.35. The van der Waals surface area contributed by atoms with Crippen molar-refractivity contribution in [2.75, 3.05) is 4.90 Å². The number of halogens is 2. The third-order valence-corrected chi connectivity index (χ3v) is 6.52. The van der Waals surface area contributed by atoms with Crippen LogP contribution in [0, 0.1) is 0 Å². The summed E-state index contributed by atoms with van der Waals surface area (Å²) in [7, 11) is 0.